The molecule has 0 fully saturated rings. The van der Waals surface area contributed by atoms with Crippen LogP contribution in [0.2, 0.25) is 0 Å². The highest BCUT2D eigenvalue weighted by molar-refractivity contribution is 5.96. The van der Waals surface area contributed by atoms with Crippen molar-refractivity contribution < 1.29 is 14.3 Å². The molecule has 1 amide bonds. The summed E-state index contributed by atoms with van der Waals surface area (Å²) < 4.78 is 5.98. The Kier molecular flexibility index (Phi) is 6.01. The molecule has 0 aliphatic carbocycles. The molecule has 0 aliphatic rings. The highest BCUT2D eigenvalue weighted by Gasteiger charge is 2.23. The van der Waals surface area contributed by atoms with Gasteiger partial charge >= 0.3 is 5.97 Å². The Labute approximate surface area is 174 Å². The van der Waals surface area contributed by atoms with Crippen LogP contribution in [0, 0.1) is 13.8 Å². The second-order valence-corrected chi connectivity index (χ2v) is 7.44. The predicted octanol–water partition coefficient (Wildman–Crippen LogP) is 3.24. The van der Waals surface area contributed by atoms with E-state index in [1.165, 1.54) is 11.8 Å². The molecule has 3 rings (SSSR count). The van der Waals surface area contributed by atoms with Crippen LogP contribution in [0.4, 0.5) is 5.69 Å². The second-order valence-electron chi connectivity index (χ2n) is 7.44. The largest absolute Gasteiger partial charge is 0.465 e. The Morgan fingerprint density at radius 1 is 1.10 bits per heavy atom. The van der Waals surface area contributed by atoms with Gasteiger partial charge in [-0.3, -0.25) is 9.59 Å². The number of methoxy groups -OCH3 is 1. The van der Waals surface area contributed by atoms with Crippen LogP contribution in [0.15, 0.2) is 47.3 Å². The number of ether oxygens (including phenoxy) is 1. The minimum absolute atomic E-state index is 0.155. The van der Waals surface area contributed by atoms with Crippen LogP contribution in [-0.2, 0) is 16.1 Å². The van der Waals surface area contributed by atoms with Crippen LogP contribution in [0.25, 0.3) is 10.8 Å². The summed E-state index contributed by atoms with van der Waals surface area (Å²) in [6.45, 7) is 7.26. The Morgan fingerprint density at radius 2 is 1.77 bits per heavy atom. The van der Waals surface area contributed by atoms with Gasteiger partial charge in [-0.05, 0) is 57.5 Å². The van der Waals surface area contributed by atoms with Gasteiger partial charge in [-0.2, -0.15) is 5.10 Å². The molecular formula is C23H25N3O4. The molecule has 0 unspecified atom stereocenters. The number of benzene rings is 2. The monoisotopic (exact) mass is 407 g/mol. The van der Waals surface area contributed by atoms with E-state index < -0.39 is 5.97 Å². The van der Waals surface area contributed by atoms with Gasteiger partial charge in [0.05, 0.1) is 23.8 Å². The van der Waals surface area contributed by atoms with E-state index in [0.29, 0.717) is 22.3 Å². The fourth-order valence-corrected chi connectivity index (χ4v) is 3.59. The van der Waals surface area contributed by atoms with Gasteiger partial charge in [0.2, 0.25) is 5.91 Å². The molecule has 156 valence electrons. The number of hydrogen-bond acceptors (Lipinski definition) is 5. The number of carbonyl (C=O) groups excluding carboxylic acids is 2. The van der Waals surface area contributed by atoms with Crippen LogP contribution in [-0.4, -0.2) is 34.8 Å². The maximum atomic E-state index is 13.2. The van der Waals surface area contributed by atoms with Gasteiger partial charge in [-0.25, -0.2) is 9.48 Å². The lowest BCUT2D eigenvalue weighted by molar-refractivity contribution is -0.119. The van der Waals surface area contributed by atoms with E-state index in [1.807, 2.05) is 39.8 Å². The van der Waals surface area contributed by atoms with Crippen molar-refractivity contribution in [1.29, 1.82) is 0 Å². The van der Waals surface area contributed by atoms with Crippen molar-refractivity contribution in [2.24, 2.45) is 0 Å². The third-order valence-electron chi connectivity index (χ3n) is 5.00. The van der Waals surface area contributed by atoms with Crippen LogP contribution >= 0.6 is 0 Å². The molecule has 0 saturated heterocycles. The Balaban J connectivity index is 1.98. The van der Waals surface area contributed by atoms with Gasteiger partial charge in [0.25, 0.3) is 5.56 Å². The zero-order valence-electron chi connectivity index (χ0n) is 17.8. The number of esters is 1. The topological polar surface area (TPSA) is 81.5 Å². The lowest BCUT2D eigenvalue weighted by Gasteiger charge is -2.28. The van der Waals surface area contributed by atoms with E-state index in [-0.39, 0.29) is 24.1 Å². The first kappa shape index (κ1) is 21.2. The minimum Gasteiger partial charge on any atom is -0.465 e. The average molecular weight is 407 g/mol. The van der Waals surface area contributed by atoms with Gasteiger partial charge in [-0.15, -0.1) is 0 Å². The maximum absolute atomic E-state index is 13.2. The number of anilines is 1. The summed E-state index contributed by atoms with van der Waals surface area (Å²) in [6, 6.07) is 12.1. The standard InChI is InChI=1S/C23H25N3O4/c1-14(2)26(20-11-10-17(12-15(20)3)23(29)30-5)21(27)13-25-22(28)19-9-7-6-8-18(19)16(4)24-25/h6-12,14H,13H2,1-5H3. The molecule has 0 aliphatic heterocycles. The van der Waals surface area contributed by atoms with Crippen LogP contribution in [0.5, 0.6) is 0 Å². The molecular weight excluding hydrogens is 382 g/mol. The first-order chi connectivity index (χ1) is 14.2. The summed E-state index contributed by atoms with van der Waals surface area (Å²) in [6.07, 6.45) is 0. The Hall–Kier alpha value is -3.48. The number of amides is 1. The molecule has 30 heavy (non-hydrogen) atoms. The summed E-state index contributed by atoms with van der Waals surface area (Å²) >= 11 is 0. The maximum Gasteiger partial charge on any atom is 0.337 e. The second kappa shape index (κ2) is 8.49. The van der Waals surface area contributed by atoms with Crippen LogP contribution < -0.4 is 10.5 Å². The number of aromatic nitrogens is 2. The molecule has 0 spiro atoms. The highest BCUT2D eigenvalue weighted by atomic mass is 16.5. The fourth-order valence-electron chi connectivity index (χ4n) is 3.59. The summed E-state index contributed by atoms with van der Waals surface area (Å²) in [4.78, 5) is 39.5. The minimum atomic E-state index is -0.436. The van der Waals surface area contributed by atoms with Crippen molar-refractivity contribution in [2.75, 3.05) is 12.0 Å². The van der Waals surface area contributed by atoms with E-state index in [1.54, 1.807) is 35.2 Å². The number of aryl methyl sites for hydroxylation is 2. The molecule has 0 bridgehead atoms. The first-order valence-electron chi connectivity index (χ1n) is 9.72. The van der Waals surface area contributed by atoms with Gasteiger partial charge < -0.3 is 9.64 Å². The third-order valence-corrected chi connectivity index (χ3v) is 5.00. The molecule has 7 heteroatoms. The summed E-state index contributed by atoms with van der Waals surface area (Å²) in [5.41, 5.74) is 2.24. The third kappa shape index (κ3) is 3.96. The number of nitrogens with zero attached hydrogens (tertiary/aromatic N) is 3. The van der Waals surface area contributed by atoms with Crippen LogP contribution in [0.3, 0.4) is 0 Å². The van der Waals surface area contributed by atoms with E-state index in [2.05, 4.69) is 5.10 Å². The predicted molar refractivity (Wildman–Crippen MR) is 116 cm³/mol. The molecule has 0 N–H and O–H groups in total. The zero-order valence-corrected chi connectivity index (χ0v) is 17.8. The zero-order chi connectivity index (χ0) is 22.0. The summed E-state index contributed by atoms with van der Waals surface area (Å²) in [5, 5.41) is 5.66. The summed E-state index contributed by atoms with van der Waals surface area (Å²) in [7, 11) is 1.33. The molecule has 1 aromatic heterocycles. The quantitative estimate of drug-likeness (QED) is 0.607. The molecule has 0 atom stereocenters. The molecule has 3 aromatic rings. The first-order valence-corrected chi connectivity index (χ1v) is 9.72. The van der Waals surface area contributed by atoms with Gasteiger partial charge in [0.1, 0.15) is 6.54 Å². The van der Waals surface area contributed by atoms with E-state index in [9.17, 15) is 14.4 Å². The van der Waals surface area contributed by atoms with E-state index in [0.717, 1.165) is 10.9 Å². The van der Waals surface area contributed by atoms with Crippen molar-refractivity contribution in [3.05, 3.63) is 69.6 Å². The van der Waals surface area contributed by atoms with Crippen molar-refractivity contribution in [2.45, 2.75) is 40.3 Å². The van der Waals surface area contributed by atoms with Crippen molar-refractivity contribution in [1.82, 2.24) is 9.78 Å². The average Bonchev–Trinajstić information content (AvgIpc) is 2.72. The Bertz CT molecular complexity index is 1180. The lowest BCUT2D eigenvalue weighted by atomic mass is 10.1. The number of fused-ring (bicyclic) bond motifs is 1. The lowest BCUT2D eigenvalue weighted by Crippen LogP contribution is -2.42. The normalized spacial score (nSPS) is 11.0. The number of carbonyl (C=O) groups is 2. The fraction of sp³-hybridized carbons (Fsp3) is 0.304. The molecule has 1 heterocycles. The van der Waals surface area contributed by atoms with E-state index in [4.69, 9.17) is 4.74 Å². The molecule has 0 radical (unpaired) electrons. The smallest absolute Gasteiger partial charge is 0.337 e. The van der Waals surface area contributed by atoms with E-state index >= 15 is 0 Å². The van der Waals surface area contributed by atoms with Crippen molar-refractivity contribution in [3.63, 3.8) is 0 Å². The van der Waals surface area contributed by atoms with Gasteiger partial charge in [0.15, 0.2) is 0 Å². The van der Waals surface area contributed by atoms with Gasteiger partial charge in [0, 0.05) is 17.1 Å². The van der Waals surface area contributed by atoms with Crippen molar-refractivity contribution in [3.8, 4) is 0 Å². The number of hydrogen-bond donors (Lipinski definition) is 0. The van der Waals surface area contributed by atoms with Crippen molar-refractivity contribution >= 4 is 28.3 Å². The SMILES string of the molecule is COC(=O)c1ccc(N(C(=O)Cn2nc(C)c3ccccc3c2=O)C(C)C)c(C)c1. The molecule has 0 saturated carbocycles. The summed E-state index contributed by atoms with van der Waals surface area (Å²) in [5.74, 6) is -0.697. The molecule has 2 aromatic carbocycles. The molecule has 7 nitrogen and oxygen atoms in total. The Morgan fingerprint density at radius 3 is 2.37 bits per heavy atom. The highest BCUT2D eigenvalue weighted by Crippen LogP contribution is 2.24. The van der Waals surface area contributed by atoms with Crippen LogP contribution in [0.1, 0.15) is 35.5 Å². The number of rotatable bonds is 5. The van der Waals surface area contributed by atoms with Gasteiger partial charge in [-0.1, -0.05) is 18.2 Å².